The van der Waals surface area contributed by atoms with Gasteiger partial charge in [-0.3, -0.25) is 0 Å². The number of aryl methyl sites for hydroxylation is 1. The zero-order chi connectivity index (χ0) is 25.6. The molecule has 0 saturated heterocycles. The maximum Gasteiger partial charge on any atom is 0.340 e. The Kier molecular flexibility index (Phi) is 8.64. The molecule has 0 aromatic heterocycles. The van der Waals surface area contributed by atoms with Gasteiger partial charge in [-0.05, 0) is 61.7 Å². The van der Waals surface area contributed by atoms with Crippen LogP contribution in [-0.4, -0.2) is 32.5 Å². The third-order valence-corrected chi connectivity index (χ3v) is 7.51. The second-order valence-corrected chi connectivity index (χ2v) is 9.97. The molecule has 0 bridgehead atoms. The number of carbonyl (C=O) groups excluding carboxylic acids is 1. The maximum absolute atomic E-state index is 13.1. The fraction of sp³-hybridized carbons (Fsp3) is 0.269. The third-order valence-electron chi connectivity index (χ3n) is 5.63. The van der Waals surface area contributed by atoms with E-state index in [4.69, 9.17) is 20.5 Å². The topological polar surface area (TPSA) is 84.9 Å². The molecule has 0 fully saturated rings. The summed E-state index contributed by atoms with van der Waals surface area (Å²) >= 11 is 6.10. The van der Waals surface area contributed by atoms with Crippen LogP contribution < -0.4 is 14.2 Å². The van der Waals surface area contributed by atoms with Crippen LogP contribution in [0.15, 0.2) is 71.6 Å². The van der Waals surface area contributed by atoms with Crippen molar-refractivity contribution in [1.29, 1.82) is 0 Å². The molecule has 3 aromatic rings. The number of methoxy groups -OCH3 is 1. The van der Waals surface area contributed by atoms with Crippen molar-refractivity contribution in [3.05, 3.63) is 82.9 Å². The van der Waals surface area contributed by atoms with Gasteiger partial charge in [0.25, 0.3) is 0 Å². The van der Waals surface area contributed by atoms with Gasteiger partial charge in [0.05, 0.1) is 17.8 Å². The van der Waals surface area contributed by atoms with E-state index in [0.29, 0.717) is 23.5 Å². The highest BCUT2D eigenvalue weighted by atomic mass is 35.5. The summed E-state index contributed by atoms with van der Waals surface area (Å²) in [4.78, 5) is 14.8. The number of para-hydroxylation sites is 2. The van der Waals surface area contributed by atoms with Crippen LogP contribution in [0.1, 0.15) is 31.4 Å². The lowest BCUT2D eigenvalue weighted by molar-refractivity contribution is 0.187. The summed E-state index contributed by atoms with van der Waals surface area (Å²) in [6, 6.07) is 18.3. The Bertz CT molecular complexity index is 1260. The Balaban J connectivity index is 1.76. The number of hydrogen-bond donors (Lipinski definition) is 1. The van der Waals surface area contributed by atoms with E-state index in [1.165, 1.54) is 6.07 Å². The molecule has 3 aromatic carbocycles. The molecule has 3 rings (SSSR count). The molecule has 9 heteroatoms. The van der Waals surface area contributed by atoms with Crippen LogP contribution in [0.3, 0.4) is 0 Å². The lowest BCUT2D eigenvalue weighted by Gasteiger charge is -2.29. The molecule has 0 aliphatic rings. The largest absolute Gasteiger partial charge is 0.495 e. The van der Waals surface area contributed by atoms with Gasteiger partial charge >= 0.3 is 16.1 Å². The van der Waals surface area contributed by atoms with Gasteiger partial charge in [0.2, 0.25) is 0 Å². The molecular formula is C26H29ClN2O5S. The molecule has 0 aliphatic heterocycles. The Morgan fingerprint density at radius 1 is 1.06 bits per heavy atom. The average Bonchev–Trinajstić information content (AvgIpc) is 2.82. The zero-order valence-electron chi connectivity index (χ0n) is 20.1. The summed E-state index contributed by atoms with van der Waals surface area (Å²) < 4.78 is 36.2. The van der Waals surface area contributed by atoms with E-state index in [-0.39, 0.29) is 27.7 Å². The van der Waals surface area contributed by atoms with E-state index >= 15 is 0 Å². The molecule has 1 atom stereocenters. The smallest absolute Gasteiger partial charge is 0.340 e. The third kappa shape index (κ3) is 6.46. The van der Waals surface area contributed by atoms with Crippen molar-refractivity contribution < 1.29 is 22.1 Å². The number of anilines is 1. The minimum Gasteiger partial charge on any atom is -0.495 e. The highest BCUT2D eigenvalue weighted by Gasteiger charge is 2.24. The van der Waals surface area contributed by atoms with Crippen LogP contribution in [-0.2, 0) is 16.7 Å². The molecule has 186 valence electrons. The van der Waals surface area contributed by atoms with Gasteiger partial charge in [-0.25, -0.2) is 4.79 Å². The van der Waals surface area contributed by atoms with Crippen LogP contribution in [0.25, 0.3) is 0 Å². The SMILES string of the molecule is CC[C@H](C)N(Cc1ccc(OS(=O)(=O)c2c(C)cccc2Cl)cc1)C(=O)Nc1ccccc1OC. The summed E-state index contributed by atoms with van der Waals surface area (Å²) in [5.41, 5.74) is 1.90. The van der Waals surface area contributed by atoms with E-state index in [2.05, 4.69) is 5.32 Å². The Morgan fingerprint density at radius 3 is 2.37 bits per heavy atom. The molecule has 0 heterocycles. The molecular weight excluding hydrogens is 488 g/mol. The van der Waals surface area contributed by atoms with E-state index < -0.39 is 10.1 Å². The fourth-order valence-corrected chi connectivity index (χ4v) is 5.25. The van der Waals surface area contributed by atoms with Crippen LogP contribution in [0.4, 0.5) is 10.5 Å². The van der Waals surface area contributed by atoms with Gasteiger partial charge in [-0.1, -0.05) is 54.9 Å². The van der Waals surface area contributed by atoms with Gasteiger partial charge in [-0.15, -0.1) is 0 Å². The zero-order valence-corrected chi connectivity index (χ0v) is 21.7. The van der Waals surface area contributed by atoms with Crippen LogP contribution >= 0.6 is 11.6 Å². The minimum absolute atomic E-state index is 0.0378. The highest BCUT2D eigenvalue weighted by molar-refractivity contribution is 7.87. The minimum atomic E-state index is -4.10. The summed E-state index contributed by atoms with van der Waals surface area (Å²) in [5.74, 6) is 0.725. The highest BCUT2D eigenvalue weighted by Crippen LogP contribution is 2.28. The van der Waals surface area contributed by atoms with Gasteiger partial charge in [0, 0.05) is 12.6 Å². The quantitative estimate of drug-likeness (QED) is 0.339. The van der Waals surface area contributed by atoms with Crippen molar-refractivity contribution in [3.63, 3.8) is 0 Å². The van der Waals surface area contributed by atoms with Gasteiger partial charge in [0.1, 0.15) is 16.4 Å². The first-order valence-corrected chi connectivity index (χ1v) is 12.9. The van der Waals surface area contributed by atoms with Crippen molar-refractivity contribution in [2.75, 3.05) is 12.4 Å². The fourth-order valence-electron chi connectivity index (χ4n) is 3.53. The number of ether oxygens (including phenoxy) is 1. The first-order chi connectivity index (χ1) is 16.7. The second-order valence-electron chi connectivity index (χ2n) is 8.08. The average molecular weight is 517 g/mol. The Morgan fingerprint density at radius 2 is 1.74 bits per heavy atom. The number of urea groups is 1. The molecule has 35 heavy (non-hydrogen) atoms. The Labute approximate surface area is 211 Å². The standard InChI is InChI=1S/C26H29ClN2O5S/c1-5-19(3)29(26(30)28-23-11-6-7-12-24(23)33-4)17-20-13-15-21(16-14-20)34-35(31,32)25-18(2)9-8-10-22(25)27/h6-16,19H,5,17H2,1-4H3,(H,28,30)/t19-/m0/s1. The van der Waals surface area contributed by atoms with Crippen molar-refractivity contribution in [2.45, 2.75) is 44.7 Å². The summed E-state index contributed by atoms with van der Waals surface area (Å²) in [6.07, 6.45) is 0.760. The number of nitrogens with one attached hydrogen (secondary N) is 1. The van der Waals surface area contributed by atoms with Crippen LogP contribution in [0, 0.1) is 6.92 Å². The van der Waals surface area contributed by atoms with Gasteiger partial charge in [0.15, 0.2) is 0 Å². The number of carbonyl (C=O) groups is 1. The lowest BCUT2D eigenvalue weighted by atomic mass is 10.1. The van der Waals surface area contributed by atoms with Crippen molar-refractivity contribution in [1.82, 2.24) is 4.90 Å². The summed E-state index contributed by atoms with van der Waals surface area (Å²) in [5, 5.41) is 3.02. The maximum atomic E-state index is 13.1. The molecule has 7 nitrogen and oxygen atoms in total. The lowest BCUT2D eigenvalue weighted by Crippen LogP contribution is -2.40. The number of benzene rings is 3. The monoisotopic (exact) mass is 516 g/mol. The molecule has 0 radical (unpaired) electrons. The van der Waals surface area contributed by atoms with E-state index in [1.807, 2.05) is 26.0 Å². The number of hydrogen-bond acceptors (Lipinski definition) is 5. The summed E-state index contributed by atoms with van der Waals surface area (Å²) in [6.45, 7) is 5.96. The normalized spacial score (nSPS) is 12.0. The van der Waals surface area contributed by atoms with Crippen LogP contribution in [0.5, 0.6) is 11.5 Å². The van der Waals surface area contributed by atoms with E-state index in [0.717, 1.165) is 12.0 Å². The number of nitrogens with zero attached hydrogens (tertiary/aromatic N) is 1. The van der Waals surface area contributed by atoms with E-state index in [1.54, 1.807) is 67.5 Å². The molecule has 0 saturated carbocycles. The molecule has 0 spiro atoms. The van der Waals surface area contributed by atoms with Crippen molar-refractivity contribution in [3.8, 4) is 11.5 Å². The predicted molar refractivity (Wildman–Crippen MR) is 138 cm³/mol. The first-order valence-electron chi connectivity index (χ1n) is 11.2. The second kappa shape index (κ2) is 11.5. The predicted octanol–water partition coefficient (Wildman–Crippen LogP) is 6.26. The number of amides is 2. The van der Waals surface area contributed by atoms with Crippen molar-refractivity contribution >= 4 is 33.4 Å². The number of halogens is 1. The van der Waals surface area contributed by atoms with Gasteiger partial charge < -0.3 is 19.1 Å². The van der Waals surface area contributed by atoms with E-state index in [9.17, 15) is 13.2 Å². The number of rotatable bonds is 9. The summed E-state index contributed by atoms with van der Waals surface area (Å²) in [7, 11) is -2.55. The Hall–Kier alpha value is -3.23. The molecule has 0 aliphatic carbocycles. The molecule has 0 unspecified atom stereocenters. The van der Waals surface area contributed by atoms with Crippen LogP contribution in [0.2, 0.25) is 5.02 Å². The van der Waals surface area contributed by atoms with Gasteiger partial charge in [-0.2, -0.15) is 8.42 Å². The molecule has 1 N–H and O–H groups in total. The molecule has 2 amide bonds. The first kappa shape index (κ1) is 26.4. The van der Waals surface area contributed by atoms with Crippen molar-refractivity contribution in [2.24, 2.45) is 0 Å².